The normalized spacial score (nSPS) is 10.8. The summed E-state index contributed by atoms with van der Waals surface area (Å²) in [5, 5.41) is 7.77. The Hall–Kier alpha value is -1.65. The fraction of sp³-hybridized carbons (Fsp3) is 0.545. The smallest absolute Gasteiger partial charge is 0.260 e. The summed E-state index contributed by atoms with van der Waals surface area (Å²) < 4.78 is 7.39. The van der Waals surface area contributed by atoms with Crippen LogP contribution in [0.4, 0.5) is 0 Å². The lowest BCUT2D eigenvalue weighted by Gasteiger charge is -2.04. The van der Waals surface area contributed by atoms with Gasteiger partial charge in [-0.2, -0.15) is 0 Å². The van der Waals surface area contributed by atoms with Gasteiger partial charge in [0.15, 0.2) is 0 Å². The number of rotatable bonds is 6. The predicted molar refractivity (Wildman–Crippen MR) is 60.4 cm³/mol. The van der Waals surface area contributed by atoms with E-state index in [0.29, 0.717) is 18.1 Å². The second kappa shape index (κ2) is 5.44. The third-order valence-corrected chi connectivity index (χ3v) is 2.42. The molecule has 0 atom stereocenters. The number of nitrogens with zero attached hydrogens (tertiary/aromatic N) is 4. The van der Waals surface area contributed by atoms with Crippen LogP contribution in [0.25, 0.3) is 5.65 Å². The van der Waals surface area contributed by atoms with Crippen LogP contribution in [0.1, 0.15) is 32.6 Å². The molecule has 0 aliphatic rings. The molecule has 2 heterocycles. The second-order valence-corrected chi connectivity index (χ2v) is 3.70. The zero-order chi connectivity index (χ0) is 11.2. The van der Waals surface area contributed by atoms with E-state index in [1.165, 1.54) is 19.3 Å². The van der Waals surface area contributed by atoms with Crippen molar-refractivity contribution in [2.24, 2.45) is 0 Å². The average molecular weight is 220 g/mol. The molecule has 0 fully saturated rings. The van der Waals surface area contributed by atoms with Gasteiger partial charge in [-0.05, 0) is 6.42 Å². The lowest BCUT2D eigenvalue weighted by Crippen LogP contribution is -2.01. The minimum Gasteiger partial charge on any atom is -0.475 e. The number of aromatic nitrogens is 4. The first-order valence-electron chi connectivity index (χ1n) is 5.69. The molecule has 2 aromatic rings. The Morgan fingerprint density at radius 2 is 2.25 bits per heavy atom. The molecule has 5 nitrogen and oxygen atoms in total. The second-order valence-electron chi connectivity index (χ2n) is 3.70. The highest BCUT2D eigenvalue weighted by atomic mass is 16.5. The molecule has 0 saturated carbocycles. The van der Waals surface area contributed by atoms with Gasteiger partial charge >= 0.3 is 0 Å². The Kier molecular flexibility index (Phi) is 3.69. The maximum Gasteiger partial charge on any atom is 0.260 e. The molecule has 0 unspecified atom stereocenters. The van der Waals surface area contributed by atoms with Crippen molar-refractivity contribution in [3.8, 4) is 5.88 Å². The van der Waals surface area contributed by atoms with Crippen molar-refractivity contribution in [1.29, 1.82) is 0 Å². The Morgan fingerprint density at radius 1 is 1.31 bits per heavy atom. The lowest BCUT2D eigenvalue weighted by molar-refractivity contribution is 0.295. The highest BCUT2D eigenvalue weighted by Crippen LogP contribution is 2.13. The van der Waals surface area contributed by atoms with Crippen molar-refractivity contribution in [3.63, 3.8) is 0 Å². The molecule has 0 N–H and O–H groups in total. The first-order chi connectivity index (χ1) is 7.92. The third kappa shape index (κ3) is 2.48. The van der Waals surface area contributed by atoms with Crippen molar-refractivity contribution >= 4 is 5.65 Å². The third-order valence-electron chi connectivity index (χ3n) is 2.42. The van der Waals surface area contributed by atoms with E-state index in [1.54, 1.807) is 23.1 Å². The summed E-state index contributed by atoms with van der Waals surface area (Å²) in [4.78, 5) is 4.15. The van der Waals surface area contributed by atoms with Crippen LogP contribution in [0.5, 0.6) is 5.88 Å². The van der Waals surface area contributed by atoms with Crippen molar-refractivity contribution in [2.75, 3.05) is 6.61 Å². The minimum atomic E-state index is 0.566. The molecule has 0 spiro atoms. The van der Waals surface area contributed by atoms with Crippen molar-refractivity contribution in [1.82, 2.24) is 19.6 Å². The van der Waals surface area contributed by atoms with Crippen LogP contribution < -0.4 is 4.74 Å². The first-order valence-corrected chi connectivity index (χ1v) is 5.69. The van der Waals surface area contributed by atoms with Gasteiger partial charge in [0, 0.05) is 12.4 Å². The zero-order valence-corrected chi connectivity index (χ0v) is 9.46. The topological polar surface area (TPSA) is 52.3 Å². The van der Waals surface area contributed by atoms with E-state index in [9.17, 15) is 0 Å². The fourth-order valence-electron chi connectivity index (χ4n) is 1.53. The van der Waals surface area contributed by atoms with Gasteiger partial charge < -0.3 is 4.74 Å². The summed E-state index contributed by atoms with van der Waals surface area (Å²) in [6.45, 7) is 2.89. The lowest BCUT2D eigenvalue weighted by atomic mass is 10.2. The van der Waals surface area contributed by atoms with Gasteiger partial charge in [-0.15, -0.1) is 10.2 Å². The van der Waals surface area contributed by atoms with Gasteiger partial charge in [-0.25, -0.2) is 4.98 Å². The Labute approximate surface area is 94.5 Å². The fourth-order valence-corrected chi connectivity index (χ4v) is 1.53. The number of ether oxygens (including phenoxy) is 1. The average Bonchev–Trinajstić information content (AvgIpc) is 2.77. The maximum absolute atomic E-state index is 5.59. The molecule has 2 aromatic heterocycles. The van der Waals surface area contributed by atoms with Crippen molar-refractivity contribution in [3.05, 3.63) is 18.7 Å². The van der Waals surface area contributed by atoms with Gasteiger partial charge in [0.2, 0.25) is 5.65 Å². The summed E-state index contributed by atoms with van der Waals surface area (Å²) in [6, 6.07) is 0. The molecule has 0 radical (unpaired) electrons. The van der Waals surface area contributed by atoms with E-state index in [0.717, 1.165) is 6.42 Å². The molecule has 0 amide bonds. The van der Waals surface area contributed by atoms with Crippen LogP contribution in [0.15, 0.2) is 18.7 Å². The summed E-state index contributed by atoms with van der Waals surface area (Å²) in [7, 11) is 0. The van der Waals surface area contributed by atoms with E-state index >= 15 is 0 Å². The van der Waals surface area contributed by atoms with Crippen LogP contribution in [-0.4, -0.2) is 26.2 Å². The van der Waals surface area contributed by atoms with E-state index in [-0.39, 0.29) is 0 Å². The Bertz CT molecular complexity index is 440. The van der Waals surface area contributed by atoms with Crippen molar-refractivity contribution < 1.29 is 4.74 Å². The Morgan fingerprint density at radius 3 is 3.12 bits per heavy atom. The molecule has 2 rings (SSSR count). The summed E-state index contributed by atoms with van der Waals surface area (Å²) in [5.41, 5.74) is 0.679. The largest absolute Gasteiger partial charge is 0.475 e. The predicted octanol–water partition coefficient (Wildman–Crippen LogP) is 2.08. The van der Waals surface area contributed by atoms with Gasteiger partial charge in [-0.1, -0.05) is 26.2 Å². The Balaban J connectivity index is 1.91. The maximum atomic E-state index is 5.59. The van der Waals surface area contributed by atoms with E-state index in [1.807, 2.05) is 0 Å². The molecule has 16 heavy (non-hydrogen) atoms. The summed E-state index contributed by atoms with van der Waals surface area (Å²) in [5.74, 6) is 0.566. The number of unbranched alkanes of at least 4 members (excludes halogenated alkanes) is 3. The number of hydrogen-bond donors (Lipinski definition) is 0. The molecule has 0 aliphatic carbocycles. The van der Waals surface area contributed by atoms with Crippen LogP contribution in [0, 0.1) is 0 Å². The molecule has 5 heteroatoms. The number of fused-ring (bicyclic) bond motifs is 1. The highest BCUT2D eigenvalue weighted by Gasteiger charge is 2.04. The summed E-state index contributed by atoms with van der Waals surface area (Å²) >= 11 is 0. The highest BCUT2D eigenvalue weighted by molar-refractivity contribution is 5.47. The quantitative estimate of drug-likeness (QED) is 0.699. The molecule has 0 aliphatic heterocycles. The molecular formula is C11H16N4O. The van der Waals surface area contributed by atoms with Crippen LogP contribution in [-0.2, 0) is 0 Å². The molecule has 0 aromatic carbocycles. The van der Waals surface area contributed by atoms with Crippen molar-refractivity contribution in [2.45, 2.75) is 32.6 Å². The van der Waals surface area contributed by atoms with Gasteiger partial charge in [0.25, 0.3) is 5.88 Å². The van der Waals surface area contributed by atoms with Gasteiger partial charge in [-0.3, -0.25) is 4.40 Å². The van der Waals surface area contributed by atoms with E-state index < -0.39 is 0 Å². The molecular weight excluding hydrogens is 204 g/mol. The van der Waals surface area contributed by atoms with Gasteiger partial charge in [0.1, 0.15) is 6.33 Å². The number of hydrogen-bond acceptors (Lipinski definition) is 4. The SMILES string of the molecule is CCCCCCOc1nccn2cnnc12. The first kappa shape index (κ1) is 10.9. The summed E-state index contributed by atoms with van der Waals surface area (Å²) in [6.07, 6.45) is 9.89. The van der Waals surface area contributed by atoms with Crippen LogP contribution in [0.2, 0.25) is 0 Å². The standard InChI is InChI=1S/C11H16N4O/c1-2-3-4-5-8-16-11-10-14-13-9-15(10)7-6-12-11/h6-7,9H,2-5,8H2,1H3. The zero-order valence-electron chi connectivity index (χ0n) is 9.46. The van der Waals surface area contributed by atoms with Crippen LogP contribution >= 0.6 is 0 Å². The molecule has 0 saturated heterocycles. The van der Waals surface area contributed by atoms with Gasteiger partial charge in [0.05, 0.1) is 6.61 Å². The van der Waals surface area contributed by atoms with Crippen LogP contribution in [0.3, 0.4) is 0 Å². The van der Waals surface area contributed by atoms with E-state index in [2.05, 4.69) is 22.1 Å². The monoisotopic (exact) mass is 220 g/mol. The molecule has 0 bridgehead atoms. The molecule has 86 valence electrons. The minimum absolute atomic E-state index is 0.566. The van der Waals surface area contributed by atoms with E-state index in [4.69, 9.17) is 4.74 Å².